The van der Waals surface area contributed by atoms with E-state index in [0.717, 1.165) is 25.4 Å². The second-order valence-electron chi connectivity index (χ2n) is 8.78. The van der Waals surface area contributed by atoms with Crippen molar-refractivity contribution in [2.24, 2.45) is 0 Å². The third kappa shape index (κ3) is 7.54. The van der Waals surface area contributed by atoms with Crippen molar-refractivity contribution in [2.45, 2.75) is 44.7 Å². The summed E-state index contributed by atoms with van der Waals surface area (Å²) < 4.78 is 29.4. The van der Waals surface area contributed by atoms with Crippen molar-refractivity contribution in [1.82, 2.24) is 10.2 Å². The highest BCUT2D eigenvalue weighted by Gasteiger charge is 2.32. The summed E-state index contributed by atoms with van der Waals surface area (Å²) in [6, 6.07) is 21.9. The Morgan fingerprint density at radius 2 is 1.57 bits per heavy atom. The number of hydrogen-bond acceptors (Lipinski definition) is 4. The van der Waals surface area contributed by atoms with E-state index >= 15 is 0 Å². The summed E-state index contributed by atoms with van der Waals surface area (Å²) in [5.74, 6) is -0.758. The third-order valence-electron chi connectivity index (χ3n) is 5.91. The van der Waals surface area contributed by atoms with Crippen molar-refractivity contribution >= 4 is 50.1 Å². The predicted octanol–water partition coefficient (Wildman–Crippen LogP) is 4.74. The normalized spacial score (nSPS) is 12.0. The minimum atomic E-state index is -4.05. The van der Waals surface area contributed by atoms with Gasteiger partial charge in [-0.2, -0.15) is 0 Å². The summed E-state index contributed by atoms with van der Waals surface area (Å²) in [5.41, 5.74) is 2.30. The average Bonchev–Trinajstić information content (AvgIpc) is 2.90. The molecule has 3 rings (SSSR count). The smallest absolute Gasteiger partial charge is 0.264 e. The molecule has 1 atom stereocenters. The summed E-state index contributed by atoms with van der Waals surface area (Å²) in [5, 5.41) is 2.84. The molecule has 1 N–H and O–H groups in total. The molecule has 0 aromatic heterocycles. The zero-order valence-corrected chi connectivity index (χ0v) is 24.2. The van der Waals surface area contributed by atoms with Crippen LogP contribution in [0.1, 0.15) is 31.4 Å². The molecule has 2 amide bonds. The van der Waals surface area contributed by atoms with E-state index in [4.69, 9.17) is 0 Å². The van der Waals surface area contributed by atoms with Gasteiger partial charge in [-0.25, -0.2) is 8.42 Å². The molecule has 0 spiro atoms. The first-order valence-corrected chi connectivity index (χ1v) is 14.6. The van der Waals surface area contributed by atoms with Crippen LogP contribution in [0.4, 0.5) is 5.69 Å². The predicted molar refractivity (Wildman–Crippen MR) is 155 cm³/mol. The first-order valence-electron chi connectivity index (χ1n) is 12.1. The van der Waals surface area contributed by atoms with E-state index in [9.17, 15) is 18.0 Å². The van der Waals surface area contributed by atoms with Crippen LogP contribution < -0.4 is 9.62 Å². The number of carbonyl (C=O) groups is 2. The Kier molecular flexibility index (Phi) is 10.1. The first-order chi connectivity index (χ1) is 17.6. The summed E-state index contributed by atoms with van der Waals surface area (Å²) in [6.07, 6.45) is 0.764. The van der Waals surface area contributed by atoms with Gasteiger partial charge in [-0.1, -0.05) is 55.0 Å². The lowest BCUT2D eigenvalue weighted by molar-refractivity contribution is -0.139. The van der Waals surface area contributed by atoms with Crippen LogP contribution in [0, 0.1) is 10.5 Å². The summed E-state index contributed by atoms with van der Waals surface area (Å²) in [4.78, 5) is 28.2. The highest BCUT2D eigenvalue weighted by molar-refractivity contribution is 14.1. The maximum absolute atomic E-state index is 13.8. The van der Waals surface area contributed by atoms with Gasteiger partial charge in [0.05, 0.1) is 10.6 Å². The molecular weight excluding hydrogens is 601 g/mol. The number of rotatable bonds is 11. The number of nitrogens with one attached hydrogen (secondary N) is 1. The second-order valence-corrected chi connectivity index (χ2v) is 11.9. The molecule has 9 heteroatoms. The fourth-order valence-electron chi connectivity index (χ4n) is 3.72. The molecule has 0 unspecified atom stereocenters. The molecule has 0 radical (unpaired) electrons. The second kappa shape index (κ2) is 13.0. The van der Waals surface area contributed by atoms with Crippen LogP contribution in [0.5, 0.6) is 0 Å². The summed E-state index contributed by atoms with van der Waals surface area (Å²) in [7, 11) is -4.05. The summed E-state index contributed by atoms with van der Waals surface area (Å²) >= 11 is 2.14. The van der Waals surface area contributed by atoms with Crippen molar-refractivity contribution in [3.63, 3.8) is 0 Å². The quantitative estimate of drug-likeness (QED) is 0.310. The number of amides is 2. The molecule has 0 saturated heterocycles. The van der Waals surface area contributed by atoms with Crippen molar-refractivity contribution < 1.29 is 18.0 Å². The minimum absolute atomic E-state index is 0.0835. The highest BCUT2D eigenvalue weighted by atomic mass is 127. The van der Waals surface area contributed by atoms with E-state index in [-0.39, 0.29) is 17.3 Å². The Morgan fingerprint density at radius 1 is 0.946 bits per heavy atom. The number of nitrogens with zero attached hydrogens (tertiary/aromatic N) is 2. The monoisotopic (exact) mass is 633 g/mol. The van der Waals surface area contributed by atoms with Gasteiger partial charge in [0.25, 0.3) is 10.0 Å². The van der Waals surface area contributed by atoms with Crippen LogP contribution in [-0.4, -0.2) is 44.3 Å². The van der Waals surface area contributed by atoms with Gasteiger partial charge >= 0.3 is 0 Å². The molecule has 37 heavy (non-hydrogen) atoms. The Hall–Kier alpha value is -2.92. The van der Waals surface area contributed by atoms with Crippen LogP contribution in [0.25, 0.3) is 0 Å². The van der Waals surface area contributed by atoms with E-state index in [0.29, 0.717) is 12.2 Å². The third-order valence-corrected chi connectivity index (χ3v) is 8.42. The molecule has 196 valence electrons. The van der Waals surface area contributed by atoms with Gasteiger partial charge in [0, 0.05) is 16.7 Å². The number of hydrogen-bond donors (Lipinski definition) is 1. The number of anilines is 1. The SMILES string of the molecule is CCCNC(=O)[C@H](C)N(Cc1ccc(C)cc1)C(=O)CN(c1ccc(I)cc1)S(=O)(=O)c1ccccc1. The zero-order valence-electron chi connectivity index (χ0n) is 21.2. The summed E-state index contributed by atoms with van der Waals surface area (Å²) in [6.45, 7) is 5.81. The fraction of sp³-hybridized carbons (Fsp3) is 0.286. The van der Waals surface area contributed by atoms with Crippen LogP contribution >= 0.6 is 22.6 Å². The van der Waals surface area contributed by atoms with Crippen molar-refractivity contribution in [3.05, 3.63) is 93.6 Å². The van der Waals surface area contributed by atoms with Gasteiger partial charge in [0.1, 0.15) is 12.6 Å². The van der Waals surface area contributed by atoms with E-state index in [2.05, 4.69) is 27.9 Å². The number of carbonyl (C=O) groups excluding carboxylic acids is 2. The molecule has 0 aliphatic heterocycles. The molecule has 0 fully saturated rings. The van der Waals surface area contributed by atoms with Crippen molar-refractivity contribution in [1.29, 1.82) is 0 Å². The number of aryl methyl sites for hydroxylation is 1. The minimum Gasteiger partial charge on any atom is -0.354 e. The average molecular weight is 634 g/mol. The van der Waals surface area contributed by atoms with E-state index in [1.54, 1.807) is 49.4 Å². The molecule has 0 saturated carbocycles. The van der Waals surface area contributed by atoms with Crippen molar-refractivity contribution in [3.8, 4) is 0 Å². The molecule has 7 nitrogen and oxygen atoms in total. The standard InChI is InChI=1S/C28H32IN3O4S/c1-4-18-30-28(34)22(3)31(19-23-12-10-21(2)11-13-23)27(33)20-32(25-16-14-24(29)15-17-25)37(35,36)26-8-6-5-7-9-26/h5-17,22H,4,18-20H2,1-3H3,(H,30,34)/t22-/m0/s1. The van der Waals surface area contributed by atoms with Crippen LogP contribution in [0.3, 0.4) is 0 Å². The number of halogens is 1. The zero-order chi connectivity index (χ0) is 27.0. The lowest BCUT2D eigenvalue weighted by atomic mass is 10.1. The van der Waals surface area contributed by atoms with Crippen LogP contribution in [-0.2, 0) is 26.2 Å². The van der Waals surface area contributed by atoms with Crippen LogP contribution in [0.15, 0.2) is 83.8 Å². The first kappa shape index (κ1) is 28.6. The Morgan fingerprint density at radius 3 is 2.16 bits per heavy atom. The van der Waals surface area contributed by atoms with Gasteiger partial charge in [0.15, 0.2) is 0 Å². The molecular formula is C28H32IN3O4S. The van der Waals surface area contributed by atoms with Gasteiger partial charge < -0.3 is 10.2 Å². The van der Waals surface area contributed by atoms with E-state index in [1.165, 1.54) is 17.0 Å². The molecule has 0 aliphatic rings. The molecule has 0 heterocycles. The molecule has 0 aliphatic carbocycles. The van der Waals surface area contributed by atoms with Gasteiger partial charge in [-0.3, -0.25) is 13.9 Å². The topological polar surface area (TPSA) is 86.8 Å². The van der Waals surface area contributed by atoms with E-state index in [1.807, 2.05) is 38.1 Å². The largest absolute Gasteiger partial charge is 0.354 e. The number of benzene rings is 3. The van der Waals surface area contributed by atoms with E-state index < -0.39 is 28.5 Å². The Balaban J connectivity index is 1.99. The van der Waals surface area contributed by atoms with Crippen molar-refractivity contribution in [2.75, 3.05) is 17.4 Å². The number of sulfonamides is 1. The molecule has 3 aromatic carbocycles. The molecule has 0 bridgehead atoms. The molecule has 3 aromatic rings. The van der Waals surface area contributed by atoms with Gasteiger partial charge in [-0.05, 0) is 84.8 Å². The fourth-order valence-corrected chi connectivity index (χ4v) is 5.52. The maximum atomic E-state index is 13.8. The van der Waals surface area contributed by atoms with Crippen LogP contribution in [0.2, 0.25) is 0 Å². The van der Waals surface area contributed by atoms with Gasteiger partial charge in [0.2, 0.25) is 11.8 Å². The lowest BCUT2D eigenvalue weighted by Gasteiger charge is -2.32. The lowest BCUT2D eigenvalue weighted by Crippen LogP contribution is -2.51. The Labute approximate surface area is 233 Å². The Bertz CT molecular complexity index is 1300. The van der Waals surface area contributed by atoms with Gasteiger partial charge in [-0.15, -0.1) is 0 Å². The highest BCUT2D eigenvalue weighted by Crippen LogP contribution is 2.25. The maximum Gasteiger partial charge on any atom is 0.264 e.